The van der Waals surface area contributed by atoms with Crippen molar-refractivity contribution in [3.05, 3.63) is 47.0 Å². The fraction of sp³-hybridized carbons (Fsp3) is 0.550. The molecule has 4 rings (SSSR count). The number of guanidine groups is 1. The van der Waals surface area contributed by atoms with Gasteiger partial charge in [-0.25, -0.2) is 0 Å². The number of alkyl halides is 3. The van der Waals surface area contributed by atoms with Crippen molar-refractivity contribution >= 4 is 29.9 Å². The minimum Gasteiger partial charge on any atom is -0.352 e. The number of benzene rings is 1. The summed E-state index contributed by atoms with van der Waals surface area (Å²) in [4.78, 5) is 6.53. The predicted octanol–water partition coefficient (Wildman–Crippen LogP) is 2.80. The molecule has 2 aliphatic heterocycles. The van der Waals surface area contributed by atoms with E-state index in [1.165, 1.54) is 0 Å². The molecule has 0 saturated carbocycles. The van der Waals surface area contributed by atoms with Gasteiger partial charge in [0.25, 0.3) is 0 Å². The van der Waals surface area contributed by atoms with Gasteiger partial charge in [0.05, 0.1) is 12.1 Å². The van der Waals surface area contributed by atoms with Gasteiger partial charge in [-0.3, -0.25) is 9.89 Å². The van der Waals surface area contributed by atoms with Crippen LogP contribution in [0.25, 0.3) is 0 Å². The summed E-state index contributed by atoms with van der Waals surface area (Å²) in [5.74, 6) is 2.68. The third-order valence-corrected chi connectivity index (χ3v) is 5.62. The van der Waals surface area contributed by atoms with E-state index in [2.05, 4.69) is 35.3 Å². The summed E-state index contributed by atoms with van der Waals surface area (Å²) in [6.45, 7) is 3.85. The molecule has 7 nitrogen and oxygen atoms in total. The normalized spacial score (nSPS) is 19.2. The lowest BCUT2D eigenvalue weighted by Gasteiger charge is -2.19. The highest BCUT2D eigenvalue weighted by atomic mass is 127. The van der Waals surface area contributed by atoms with E-state index in [1.807, 2.05) is 0 Å². The predicted molar refractivity (Wildman–Crippen MR) is 122 cm³/mol. The third kappa shape index (κ3) is 5.88. The minimum atomic E-state index is -4.30. The van der Waals surface area contributed by atoms with Gasteiger partial charge in [-0.05, 0) is 30.5 Å². The van der Waals surface area contributed by atoms with Crippen molar-refractivity contribution in [2.24, 2.45) is 4.99 Å². The third-order valence-electron chi connectivity index (χ3n) is 5.62. The Hall–Kier alpha value is -1.89. The van der Waals surface area contributed by atoms with Crippen LogP contribution in [0.15, 0.2) is 29.3 Å². The summed E-state index contributed by atoms with van der Waals surface area (Å²) in [6, 6.07) is 5.64. The first-order chi connectivity index (χ1) is 14.4. The standard InChI is InChI=1S/C20H26F3N7.HI/c1-24-19(25-11-18-28-27-17-3-2-9-30(17)18)26-16-8-10-29(13-16)12-14-4-6-15(7-5-14)20(21,22)23;/h4-7,16H,2-3,8-13H2,1H3,(H2,24,25,26);1H. The molecule has 0 radical (unpaired) electrons. The molecule has 1 fully saturated rings. The largest absolute Gasteiger partial charge is 0.416 e. The monoisotopic (exact) mass is 549 g/mol. The maximum Gasteiger partial charge on any atom is 0.416 e. The zero-order valence-corrected chi connectivity index (χ0v) is 19.7. The lowest BCUT2D eigenvalue weighted by Crippen LogP contribution is -2.44. The summed E-state index contributed by atoms with van der Waals surface area (Å²) in [7, 11) is 1.73. The molecule has 1 aromatic heterocycles. The van der Waals surface area contributed by atoms with E-state index >= 15 is 0 Å². The van der Waals surface area contributed by atoms with Crippen LogP contribution >= 0.6 is 24.0 Å². The lowest BCUT2D eigenvalue weighted by molar-refractivity contribution is -0.137. The highest BCUT2D eigenvalue weighted by molar-refractivity contribution is 14.0. The van der Waals surface area contributed by atoms with E-state index in [0.717, 1.165) is 68.2 Å². The number of aliphatic imine (C=N–C) groups is 1. The SMILES string of the molecule is CN=C(NCc1nnc2n1CCC2)NC1CCN(Cc2ccc(C(F)(F)F)cc2)C1.I. The number of halogens is 4. The van der Waals surface area contributed by atoms with Crippen LogP contribution in [-0.2, 0) is 32.2 Å². The second kappa shape index (κ2) is 10.2. The lowest BCUT2D eigenvalue weighted by atomic mass is 10.1. The van der Waals surface area contributed by atoms with Crippen LogP contribution in [0.5, 0.6) is 0 Å². The average Bonchev–Trinajstić information content (AvgIpc) is 3.43. The zero-order valence-electron chi connectivity index (χ0n) is 17.3. The number of nitrogens with one attached hydrogen (secondary N) is 2. The van der Waals surface area contributed by atoms with Crippen LogP contribution in [0.2, 0.25) is 0 Å². The van der Waals surface area contributed by atoms with Gasteiger partial charge in [-0.2, -0.15) is 13.2 Å². The summed E-state index contributed by atoms with van der Waals surface area (Å²) in [6.07, 6.45) is -1.25. The minimum absolute atomic E-state index is 0. The van der Waals surface area contributed by atoms with Crippen LogP contribution < -0.4 is 10.6 Å². The van der Waals surface area contributed by atoms with E-state index in [4.69, 9.17) is 0 Å². The molecule has 2 aromatic rings. The smallest absolute Gasteiger partial charge is 0.352 e. The summed E-state index contributed by atoms with van der Waals surface area (Å²) in [5.41, 5.74) is 0.271. The first-order valence-electron chi connectivity index (χ1n) is 10.2. The van der Waals surface area contributed by atoms with Crippen molar-refractivity contribution in [1.82, 2.24) is 30.3 Å². The molecule has 1 aromatic carbocycles. The molecule has 2 aliphatic rings. The molecule has 0 amide bonds. The van der Waals surface area contributed by atoms with E-state index in [1.54, 1.807) is 19.2 Å². The van der Waals surface area contributed by atoms with Gasteiger partial charge in [0.2, 0.25) is 0 Å². The highest BCUT2D eigenvalue weighted by Crippen LogP contribution is 2.29. The molecule has 11 heteroatoms. The van der Waals surface area contributed by atoms with E-state index in [9.17, 15) is 13.2 Å². The molecule has 1 atom stereocenters. The molecular formula is C20H27F3IN7. The first-order valence-corrected chi connectivity index (χ1v) is 10.2. The Kier molecular flexibility index (Phi) is 7.78. The van der Waals surface area contributed by atoms with Crippen LogP contribution in [0, 0.1) is 0 Å². The number of nitrogens with zero attached hydrogens (tertiary/aromatic N) is 5. The fourth-order valence-electron chi connectivity index (χ4n) is 4.04. The number of hydrogen-bond acceptors (Lipinski definition) is 4. The van der Waals surface area contributed by atoms with E-state index in [0.29, 0.717) is 19.0 Å². The van der Waals surface area contributed by atoms with Crippen molar-refractivity contribution in [2.45, 2.75) is 51.1 Å². The second-order valence-corrected chi connectivity index (χ2v) is 7.77. The van der Waals surface area contributed by atoms with Gasteiger partial charge in [-0.15, -0.1) is 34.2 Å². The second-order valence-electron chi connectivity index (χ2n) is 7.77. The number of rotatable bonds is 5. The average molecular weight is 549 g/mol. The van der Waals surface area contributed by atoms with Crippen molar-refractivity contribution < 1.29 is 13.2 Å². The van der Waals surface area contributed by atoms with Gasteiger partial charge < -0.3 is 15.2 Å². The molecule has 1 unspecified atom stereocenters. The quantitative estimate of drug-likeness (QED) is 0.341. The number of likely N-dealkylation sites (tertiary alicyclic amines) is 1. The van der Waals surface area contributed by atoms with Gasteiger partial charge in [-0.1, -0.05) is 12.1 Å². The summed E-state index contributed by atoms with van der Waals surface area (Å²) >= 11 is 0. The Morgan fingerprint density at radius 3 is 2.68 bits per heavy atom. The molecule has 2 N–H and O–H groups in total. The molecule has 170 valence electrons. The van der Waals surface area contributed by atoms with Gasteiger partial charge in [0.1, 0.15) is 5.82 Å². The van der Waals surface area contributed by atoms with Gasteiger partial charge in [0.15, 0.2) is 11.8 Å². The van der Waals surface area contributed by atoms with Crippen molar-refractivity contribution in [1.29, 1.82) is 0 Å². The maximum atomic E-state index is 12.7. The molecule has 0 spiro atoms. The van der Waals surface area contributed by atoms with Crippen molar-refractivity contribution in [2.75, 3.05) is 20.1 Å². The Morgan fingerprint density at radius 2 is 1.97 bits per heavy atom. The number of fused-ring (bicyclic) bond motifs is 1. The Morgan fingerprint density at radius 1 is 1.19 bits per heavy atom. The van der Waals surface area contributed by atoms with Crippen molar-refractivity contribution in [3.8, 4) is 0 Å². The molecule has 31 heavy (non-hydrogen) atoms. The number of aryl methyl sites for hydroxylation is 1. The van der Waals surface area contributed by atoms with Gasteiger partial charge in [0, 0.05) is 45.7 Å². The van der Waals surface area contributed by atoms with Crippen LogP contribution in [0.1, 0.15) is 35.6 Å². The Labute approximate surface area is 196 Å². The first kappa shape index (κ1) is 23.8. The molecular weight excluding hydrogens is 522 g/mol. The van der Waals surface area contributed by atoms with Crippen LogP contribution in [0.3, 0.4) is 0 Å². The van der Waals surface area contributed by atoms with E-state index in [-0.39, 0.29) is 30.0 Å². The molecule has 0 bridgehead atoms. The molecule has 0 aliphatic carbocycles. The summed E-state index contributed by atoms with van der Waals surface area (Å²) in [5, 5.41) is 15.2. The van der Waals surface area contributed by atoms with Gasteiger partial charge >= 0.3 is 6.18 Å². The summed E-state index contributed by atoms with van der Waals surface area (Å²) < 4.78 is 40.3. The fourth-order valence-corrected chi connectivity index (χ4v) is 4.04. The Bertz CT molecular complexity index is 895. The molecule has 1 saturated heterocycles. The number of aromatic nitrogens is 3. The van der Waals surface area contributed by atoms with E-state index < -0.39 is 11.7 Å². The van der Waals surface area contributed by atoms with Crippen LogP contribution in [0.4, 0.5) is 13.2 Å². The molecule has 3 heterocycles. The van der Waals surface area contributed by atoms with Crippen molar-refractivity contribution in [3.63, 3.8) is 0 Å². The van der Waals surface area contributed by atoms with Crippen LogP contribution in [-0.4, -0.2) is 51.8 Å². The zero-order chi connectivity index (χ0) is 21.1. The topological polar surface area (TPSA) is 70.4 Å². The Balaban J connectivity index is 0.00000272. The number of hydrogen-bond donors (Lipinski definition) is 2. The maximum absolute atomic E-state index is 12.7. The highest BCUT2D eigenvalue weighted by Gasteiger charge is 2.30.